The Labute approximate surface area is 211 Å². The summed E-state index contributed by atoms with van der Waals surface area (Å²) in [4.78, 5) is 30.8. The lowest BCUT2D eigenvalue weighted by molar-refractivity contribution is -0.145. The van der Waals surface area contributed by atoms with Gasteiger partial charge in [-0.2, -0.15) is 0 Å². The maximum atomic E-state index is 13.7. The van der Waals surface area contributed by atoms with Gasteiger partial charge in [0.1, 0.15) is 17.6 Å². The minimum absolute atomic E-state index is 0.0272. The predicted octanol–water partition coefficient (Wildman–Crippen LogP) is 4.25. The number of nitrogens with one attached hydrogen (secondary N) is 1. The maximum Gasteiger partial charge on any atom is 0.249 e. The Morgan fingerprint density at radius 3 is 2.28 bits per heavy atom. The van der Waals surface area contributed by atoms with E-state index < -0.39 is 5.54 Å². The van der Waals surface area contributed by atoms with Gasteiger partial charge >= 0.3 is 0 Å². The molecule has 0 aliphatic carbocycles. The molecule has 0 aliphatic heterocycles. The highest BCUT2D eigenvalue weighted by Gasteiger charge is 2.38. The highest BCUT2D eigenvalue weighted by atomic mass is 16.2. The lowest BCUT2D eigenvalue weighted by Gasteiger charge is -2.37. The van der Waals surface area contributed by atoms with E-state index in [1.807, 2.05) is 98.7 Å². The fourth-order valence-corrected chi connectivity index (χ4v) is 3.97. The number of amides is 2. The third kappa shape index (κ3) is 5.38. The number of rotatable bonds is 8. The molecule has 0 aliphatic rings. The Bertz CT molecular complexity index is 1360. The number of benzene rings is 3. The molecule has 8 nitrogen and oxygen atoms in total. The molecule has 0 saturated carbocycles. The number of hydrogen-bond acceptors (Lipinski definition) is 5. The fraction of sp³-hybridized carbons (Fsp3) is 0.286. The van der Waals surface area contributed by atoms with Crippen molar-refractivity contribution in [1.82, 2.24) is 19.9 Å². The van der Waals surface area contributed by atoms with Crippen molar-refractivity contribution in [2.75, 3.05) is 24.3 Å². The summed E-state index contributed by atoms with van der Waals surface area (Å²) in [7, 11) is 3.92. The van der Waals surface area contributed by atoms with Gasteiger partial charge in [-0.05, 0) is 62.7 Å². The van der Waals surface area contributed by atoms with E-state index in [1.165, 1.54) is 0 Å². The van der Waals surface area contributed by atoms with Crippen LogP contribution in [0.3, 0.4) is 0 Å². The largest absolute Gasteiger partial charge is 0.378 e. The molecule has 0 unspecified atom stereocenters. The molecule has 8 heteroatoms. The molecule has 1 heterocycles. The number of fused-ring (bicyclic) bond motifs is 1. The van der Waals surface area contributed by atoms with E-state index in [2.05, 4.69) is 15.6 Å². The second kappa shape index (κ2) is 10.2. The Balaban J connectivity index is 1.60. The molecular weight excluding hydrogens is 452 g/mol. The van der Waals surface area contributed by atoms with Crippen LogP contribution in [0.15, 0.2) is 72.8 Å². The summed E-state index contributed by atoms with van der Waals surface area (Å²) in [5.74, 6) is -0.502. The average Bonchev–Trinajstić information content (AvgIpc) is 3.26. The van der Waals surface area contributed by atoms with Crippen LogP contribution in [0, 0.1) is 6.92 Å². The summed E-state index contributed by atoms with van der Waals surface area (Å²) in [5, 5.41) is 11.3. The van der Waals surface area contributed by atoms with Crippen molar-refractivity contribution in [1.29, 1.82) is 0 Å². The number of aromatic nitrogens is 3. The van der Waals surface area contributed by atoms with E-state index in [4.69, 9.17) is 0 Å². The van der Waals surface area contributed by atoms with E-state index >= 15 is 0 Å². The van der Waals surface area contributed by atoms with Gasteiger partial charge in [-0.3, -0.25) is 9.59 Å². The number of hydrogen-bond donors (Lipinski definition) is 1. The molecule has 0 radical (unpaired) electrons. The van der Waals surface area contributed by atoms with Crippen molar-refractivity contribution < 1.29 is 9.59 Å². The molecular formula is C28H32N6O2. The minimum Gasteiger partial charge on any atom is -0.378 e. The van der Waals surface area contributed by atoms with Gasteiger partial charge in [0.25, 0.3) is 0 Å². The number of nitrogens with zero attached hydrogens (tertiary/aromatic N) is 5. The van der Waals surface area contributed by atoms with Crippen LogP contribution in [0.25, 0.3) is 11.0 Å². The Morgan fingerprint density at radius 2 is 1.61 bits per heavy atom. The van der Waals surface area contributed by atoms with Gasteiger partial charge in [-0.1, -0.05) is 47.2 Å². The summed E-state index contributed by atoms with van der Waals surface area (Å²) in [6.45, 7) is 5.80. The summed E-state index contributed by atoms with van der Waals surface area (Å²) in [6.07, 6.45) is 0. The maximum absolute atomic E-state index is 13.7. The average molecular weight is 485 g/mol. The molecule has 4 aromatic rings. The van der Waals surface area contributed by atoms with E-state index in [0.717, 1.165) is 22.3 Å². The predicted molar refractivity (Wildman–Crippen MR) is 143 cm³/mol. The highest BCUT2D eigenvalue weighted by Crippen LogP contribution is 2.24. The first-order valence-corrected chi connectivity index (χ1v) is 11.9. The van der Waals surface area contributed by atoms with Gasteiger partial charge in [-0.15, -0.1) is 5.10 Å². The van der Waals surface area contributed by atoms with Gasteiger partial charge in [0, 0.05) is 32.0 Å². The molecule has 1 N–H and O–H groups in total. The third-order valence-electron chi connectivity index (χ3n) is 6.34. The van der Waals surface area contributed by atoms with E-state index in [0.29, 0.717) is 11.2 Å². The third-order valence-corrected chi connectivity index (χ3v) is 6.34. The first-order chi connectivity index (χ1) is 17.1. The number of carbonyl (C=O) groups excluding carboxylic acids is 2. The normalized spacial score (nSPS) is 11.4. The van der Waals surface area contributed by atoms with Crippen LogP contribution in [0.5, 0.6) is 0 Å². The number of carbonyl (C=O) groups is 2. The van der Waals surface area contributed by atoms with Crippen molar-refractivity contribution in [2.24, 2.45) is 0 Å². The van der Waals surface area contributed by atoms with Gasteiger partial charge in [0.2, 0.25) is 11.8 Å². The molecule has 4 rings (SSSR count). The summed E-state index contributed by atoms with van der Waals surface area (Å²) < 4.78 is 1.58. The van der Waals surface area contributed by atoms with Gasteiger partial charge < -0.3 is 15.1 Å². The van der Waals surface area contributed by atoms with Crippen molar-refractivity contribution in [2.45, 2.75) is 39.4 Å². The molecule has 186 valence electrons. The summed E-state index contributed by atoms with van der Waals surface area (Å²) in [5.41, 5.74) is 4.11. The highest BCUT2D eigenvalue weighted by molar-refractivity contribution is 6.00. The monoisotopic (exact) mass is 484 g/mol. The first kappa shape index (κ1) is 24.9. The van der Waals surface area contributed by atoms with Crippen LogP contribution in [0.2, 0.25) is 0 Å². The Kier molecular flexibility index (Phi) is 7.05. The molecule has 0 saturated heterocycles. The fourth-order valence-electron chi connectivity index (χ4n) is 3.97. The zero-order valence-electron chi connectivity index (χ0n) is 21.4. The van der Waals surface area contributed by atoms with Crippen molar-refractivity contribution in [3.8, 4) is 0 Å². The van der Waals surface area contributed by atoms with Crippen LogP contribution >= 0.6 is 0 Å². The van der Waals surface area contributed by atoms with Gasteiger partial charge in [0.05, 0.1) is 5.52 Å². The molecule has 3 aromatic carbocycles. The zero-order chi connectivity index (χ0) is 25.9. The molecule has 1 aromatic heterocycles. The summed E-state index contributed by atoms with van der Waals surface area (Å²) in [6, 6.07) is 23.1. The molecule has 0 atom stereocenters. The standard InChI is InChI=1S/C28H32N6O2/c1-20-10-12-21(13-11-20)18-33(26(35)19-34-25-9-7-6-8-24(25)30-31-34)28(2,3)27(36)29-22-14-16-23(17-15-22)32(4)5/h6-17H,18-19H2,1-5H3,(H,29,36). The lowest BCUT2D eigenvalue weighted by atomic mass is 9.99. The lowest BCUT2D eigenvalue weighted by Crippen LogP contribution is -2.55. The second-order valence-corrected chi connectivity index (χ2v) is 9.66. The first-order valence-electron chi connectivity index (χ1n) is 11.9. The number of anilines is 2. The smallest absolute Gasteiger partial charge is 0.249 e. The van der Waals surface area contributed by atoms with Crippen molar-refractivity contribution in [3.05, 3.63) is 83.9 Å². The molecule has 0 spiro atoms. The van der Waals surface area contributed by atoms with Gasteiger partial charge in [-0.25, -0.2) is 4.68 Å². The van der Waals surface area contributed by atoms with Crippen LogP contribution in [0.4, 0.5) is 11.4 Å². The van der Waals surface area contributed by atoms with E-state index in [-0.39, 0.29) is 24.9 Å². The van der Waals surface area contributed by atoms with E-state index in [9.17, 15) is 9.59 Å². The molecule has 2 amide bonds. The Morgan fingerprint density at radius 1 is 0.944 bits per heavy atom. The molecule has 0 fully saturated rings. The second-order valence-electron chi connectivity index (χ2n) is 9.66. The van der Waals surface area contributed by atoms with Crippen LogP contribution in [-0.2, 0) is 22.7 Å². The Hall–Kier alpha value is -4.20. The molecule has 36 heavy (non-hydrogen) atoms. The van der Waals surface area contributed by atoms with Gasteiger partial charge in [0.15, 0.2) is 0 Å². The minimum atomic E-state index is -1.14. The number of aryl methyl sites for hydroxylation is 1. The van der Waals surface area contributed by atoms with Crippen molar-refractivity contribution >= 4 is 34.2 Å². The topological polar surface area (TPSA) is 83.4 Å². The van der Waals surface area contributed by atoms with E-state index in [1.54, 1.807) is 23.4 Å². The summed E-state index contributed by atoms with van der Waals surface area (Å²) >= 11 is 0. The van der Waals surface area contributed by atoms with Crippen LogP contribution in [-0.4, -0.2) is 51.3 Å². The molecule has 0 bridgehead atoms. The number of para-hydroxylation sites is 1. The zero-order valence-corrected chi connectivity index (χ0v) is 21.4. The van der Waals surface area contributed by atoms with Crippen LogP contribution in [0.1, 0.15) is 25.0 Å². The van der Waals surface area contributed by atoms with Crippen LogP contribution < -0.4 is 10.2 Å². The quantitative estimate of drug-likeness (QED) is 0.404. The van der Waals surface area contributed by atoms with Crippen molar-refractivity contribution in [3.63, 3.8) is 0 Å². The SMILES string of the molecule is Cc1ccc(CN(C(=O)Cn2nnc3ccccc32)C(C)(C)C(=O)Nc2ccc(N(C)C)cc2)cc1.